The Morgan fingerprint density at radius 3 is 2.40 bits per heavy atom. The highest BCUT2D eigenvalue weighted by Gasteiger charge is 2.24. The molecule has 4 heteroatoms. The molecule has 1 atom stereocenters. The van der Waals surface area contributed by atoms with Gasteiger partial charge in [-0.25, -0.2) is 0 Å². The van der Waals surface area contributed by atoms with Gasteiger partial charge in [-0.3, -0.25) is 4.90 Å². The van der Waals surface area contributed by atoms with Crippen molar-refractivity contribution in [2.75, 3.05) is 40.0 Å². The first-order valence-electron chi connectivity index (χ1n) is 5.78. The lowest BCUT2D eigenvalue weighted by Crippen LogP contribution is -2.35. The Labute approximate surface area is 92.5 Å². The molecule has 4 nitrogen and oxygen atoms in total. The summed E-state index contributed by atoms with van der Waals surface area (Å²) in [6, 6.07) is 0. The van der Waals surface area contributed by atoms with Gasteiger partial charge in [0.1, 0.15) is 0 Å². The second kappa shape index (κ2) is 7.17. The molecule has 0 N–H and O–H groups in total. The van der Waals surface area contributed by atoms with Crippen LogP contribution in [-0.4, -0.2) is 57.3 Å². The van der Waals surface area contributed by atoms with Gasteiger partial charge in [-0.1, -0.05) is 0 Å². The highest BCUT2D eigenvalue weighted by molar-refractivity contribution is 4.76. The van der Waals surface area contributed by atoms with E-state index in [0.717, 1.165) is 26.1 Å². The van der Waals surface area contributed by atoms with E-state index >= 15 is 0 Å². The summed E-state index contributed by atoms with van der Waals surface area (Å²) < 4.78 is 16.3. The van der Waals surface area contributed by atoms with E-state index in [0.29, 0.717) is 19.3 Å². The fourth-order valence-electron chi connectivity index (χ4n) is 1.89. The van der Waals surface area contributed by atoms with Crippen molar-refractivity contribution in [3.63, 3.8) is 0 Å². The fraction of sp³-hybridized carbons (Fsp3) is 1.00. The van der Waals surface area contributed by atoms with Crippen molar-refractivity contribution in [1.82, 2.24) is 4.90 Å². The fourth-order valence-corrected chi connectivity index (χ4v) is 1.89. The van der Waals surface area contributed by atoms with Crippen LogP contribution in [0.15, 0.2) is 0 Å². The Kier molecular flexibility index (Phi) is 6.17. The number of methoxy groups -OCH3 is 1. The quantitative estimate of drug-likeness (QED) is 0.598. The molecular formula is C11H23NO3. The molecule has 1 heterocycles. The standard InChI is InChI=1S/C11H23NO3/c1-4-14-11(15-5-2)9-12-7-6-10(8-12)13-3/h10-11H,4-9H2,1-3H3. The predicted molar refractivity (Wildman–Crippen MR) is 58.9 cm³/mol. The third-order valence-electron chi connectivity index (χ3n) is 2.67. The highest BCUT2D eigenvalue weighted by atomic mass is 16.7. The molecule has 0 aliphatic carbocycles. The van der Waals surface area contributed by atoms with Gasteiger partial charge in [0.2, 0.25) is 0 Å². The van der Waals surface area contributed by atoms with Gasteiger partial charge in [-0.15, -0.1) is 0 Å². The number of hydrogen-bond donors (Lipinski definition) is 0. The number of rotatable bonds is 7. The Morgan fingerprint density at radius 1 is 1.27 bits per heavy atom. The Morgan fingerprint density at radius 2 is 1.93 bits per heavy atom. The molecule has 15 heavy (non-hydrogen) atoms. The van der Waals surface area contributed by atoms with Crippen LogP contribution >= 0.6 is 0 Å². The highest BCUT2D eigenvalue weighted by Crippen LogP contribution is 2.13. The third-order valence-corrected chi connectivity index (χ3v) is 2.67. The van der Waals surface area contributed by atoms with E-state index in [1.165, 1.54) is 0 Å². The molecule has 0 radical (unpaired) electrons. The first-order chi connectivity index (χ1) is 7.30. The second-order valence-electron chi connectivity index (χ2n) is 3.75. The van der Waals surface area contributed by atoms with Crippen molar-refractivity contribution in [2.45, 2.75) is 32.7 Å². The summed E-state index contributed by atoms with van der Waals surface area (Å²) in [5, 5.41) is 0. The number of nitrogens with zero attached hydrogens (tertiary/aromatic N) is 1. The maximum Gasteiger partial charge on any atom is 0.170 e. The van der Waals surface area contributed by atoms with E-state index in [9.17, 15) is 0 Å². The molecule has 0 amide bonds. The summed E-state index contributed by atoms with van der Waals surface area (Å²) in [5.74, 6) is 0. The van der Waals surface area contributed by atoms with Crippen LogP contribution in [-0.2, 0) is 14.2 Å². The first kappa shape index (κ1) is 12.9. The minimum atomic E-state index is -0.0874. The molecule has 1 fully saturated rings. The van der Waals surface area contributed by atoms with Gasteiger partial charge in [-0.05, 0) is 20.3 Å². The van der Waals surface area contributed by atoms with Gasteiger partial charge in [0.05, 0.1) is 6.10 Å². The van der Waals surface area contributed by atoms with E-state index in [4.69, 9.17) is 14.2 Å². The number of ether oxygens (including phenoxy) is 3. The van der Waals surface area contributed by atoms with Gasteiger partial charge in [0.25, 0.3) is 0 Å². The lowest BCUT2D eigenvalue weighted by molar-refractivity contribution is -0.146. The van der Waals surface area contributed by atoms with E-state index in [-0.39, 0.29) is 6.29 Å². The van der Waals surface area contributed by atoms with Crippen molar-refractivity contribution in [3.05, 3.63) is 0 Å². The topological polar surface area (TPSA) is 30.9 Å². The second-order valence-corrected chi connectivity index (χ2v) is 3.75. The average Bonchev–Trinajstić information content (AvgIpc) is 2.66. The van der Waals surface area contributed by atoms with E-state index in [1.54, 1.807) is 7.11 Å². The SMILES string of the molecule is CCOC(CN1CCC(OC)C1)OCC. The summed E-state index contributed by atoms with van der Waals surface area (Å²) in [5.41, 5.74) is 0. The van der Waals surface area contributed by atoms with Crippen molar-refractivity contribution in [1.29, 1.82) is 0 Å². The normalized spacial score (nSPS) is 22.8. The molecule has 0 saturated carbocycles. The van der Waals surface area contributed by atoms with E-state index in [2.05, 4.69) is 4.90 Å². The van der Waals surface area contributed by atoms with Crippen molar-refractivity contribution < 1.29 is 14.2 Å². The van der Waals surface area contributed by atoms with Crippen molar-refractivity contribution >= 4 is 0 Å². The molecule has 0 aromatic carbocycles. The number of likely N-dealkylation sites (tertiary alicyclic amines) is 1. The van der Waals surface area contributed by atoms with Crippen molar-refractivity contribution in [2.24, 2.45) is 0 Å². The molecule has 1 aliphatic heterocycles. The summed E-state index contributed by atoms with van der Waals surface area (Å²) in [7, 11) is 1.77. The van der Waals surface area contributed by atoms with Crippen LogP contribution in [0.3, 0.4) is 0 Å². The number of hydrogen-bond acceptors (Lipinski definition) is 4. The summed E-state index contributed by atoms with van der Waals surface area (Å²) in [6.07, 6.45) is 1.41. The minimum Gasteiger partial charge on any atom is -0.380 e. The first-order valence-corrected chi connectivity index (χ1v) is 5.78. The maximum atomic E-state index is 5.51. The average molecular weight is 217 g/mol. The van der Waals surface area contributed by atoms with Crippen LogP contribution in [0.2, 0.25) is 0 Å². The molecule has 1 saturated heterocycles. The van der Waals surface area contributed by atoms with Gasteiger partial charge in [-0.2, -0.15) is 0 Å². The third kappa shape index (κ3) is 4.47. The van der Waals surface area contributed by atoms with Gasteiger partial charge < -0.3 is 14.2 Å². The zero-order valence-electron chi connectivity index (χ0n) is 10.1. The lowest BCUT2D eigenvalue weighted by atomic mass is 10.3. The predicted octanol–water partition coefficient (Wildman–Crippen LogP) is 1.11. The van der Waals surface area contributed by atoms with Gasteiger partial charge in [0.15, 0.2) is 6.29 Å². The molecule has 1 rings (SSSR count). The minimum absolute atomic E-state index is 0.0874. The van der Waals surface area contributed by atoms with Crippen LogP contribution in [0.25, 0.3) is 0 Å². The molecule has 0 spiro atoms. The van der Waals surface area contributed by atoms with Crippen LogP contribution in [0, 0.1) is 0 Å². The summed E-state index contributed by atoms with van der Waals surface area (Å²) in [4.78, 5) is 2.34. The molecule has 0 aromatic rings. The Bertz CT molecular complexity index is 160. The molecule has 90 valence electrons. The van der Waals surface area contributed by atoms with Crippen LogP contribution in [0.1, 0.15) is 20.3 Å². The molecule has 0 aromatic heterocycles. The smallest absolute Gasteiger partial charge is 0.170 e. The van der Waals surface area contributed by atoms with Gasteiger partial charge in [0, 0.05) is 40.0 Å². The van der Waals surface area contributed by atoms with Crippen molar-refractivity contribution in [3.8, 4) is 0 Å². The zero-order chi connectivity index (χ0) is 11.1. The Balaban J connectivity index is 2.25. The lowest BCUT2D eigenvalue weighted by Gasteiger charge is -2.23. The molecule has 1 unspecified atom stereocenters. The van der Waals surface area contributed by atoms with Crippen LogP contribution in [0.5, 0.6) is 0 Å². The van der Waals surface area contributed by atoms with Crippen LogP contribution in [0.4, 0.5) is 0 Å². The van der Waals surface area contributed by atoms with Gasteiger partial charge >= 0.3 is 0 Å². The molecule has 1 aliphatic rings. The molecule has 0 bridgehead atoms. The summed E-state index contributed by atoms with van der Waals surface area (Å²) in [6.45, 7) is 8.31. The summed E-state index contributed by atoms with van der Waals surface area (Å²) >= 11 is 0. The van der Waals surface area contributed by atoms with E-state index in [1.807, 2.05) is 13.8 Å². The van der Waals surface area contributed by atoms with E-state index < -0.39 is 0 Å². The van der Waals surface area contributed by atoms with Crippen LogP contribution < -0.4 is 0 Å². The molecular weight excluding hydrogens is 194 g/mol. The monoisotopic (exact) mass is 217 g/mol. The largest absolute Gasteiger partial charge is 0.380 e. The Hall–Kier alpha value is -0.160. The zero-order valence-corrected chi connectivity index (χ0v) is 10.1. The maximum absolute atomic E-state index is 5.51.